The molecule has 166 valence electrons. The third kappa shape index (κ3) is 5.36. The second-order valence-electron chi connectivity index (χ2n) is 7.45. The van der Waals surface area contributed by atoms with Crippen LogP contribution in [0.15, 0.2) is 53.4 Å². The number of amides is 1. The number of carbonyl (C=O) groups excluding carboxylic acids is 1. The van der Waals surface area contributed by atoms with Gasteiger partial charge in [-0.05, 0) is 30.5 Å². The average Bonchev–Trinajstić information content (AvgIpc) is 2.82. The number of rotatable bonds is 7. The molecule has 1 fully saturated rings. The van der Waals surface area contributed by atoms with Crippen molar-refractivity contribution in [3.63, 3.8) is 0 Å². The molecule has 1 N–H and O–H groups in total. The van der Waals surface area contributed by atoms with Gasteiger partial charge in [0.15, 0.2) is 11.5 Å². The van der Waals surface area contributed by atoms with E-state index in [-0.39, 0.29) is 17.4 Å². The van der Waals surface area contributed by atoms with Crippen LogP contribution in [0.5, 0.6) is 11.5 Å². The van der Waals surface area contributed by atoms with Crippen molar-refractivity contribution in [3.8, 4) is 11.5 Å². The fraction of sp³-hybridized carbons (Fsp3) is 0.409. The van der Waals surface area contributed by atoms with E-state index in [1.807, 2.05) is 30.3 Å². The maximum atomic E-state index is 12.6. The Kier molecular flexibility index (Phi) is 6.74. The molecule has 8 nitrogen and oxygen atoms in total. The summed E-state index contributed by atoms with van der Waals surface area (Å²) in [7, 11) is -3.67. The lowest BCUT2D eigenvalue weighted by Gasteiger charge is -2.32. The van der Waals surface area contributed by atoms with Gasteiger partial charge in [-0.2, -0.15) is 0 Å². The first-order valence-electron chi connectivity index (χ1n) is 10.4. The fourth-order valence-electron chi connectivity index (χ4n) is 3.55. The molecular weight excluding hydrogens is 420 g/mol. The third-order valence-electron chi connectivity index (χ3n) is 5.26. The van der Waals surface area contributed by atoms with Crippen molar-refractivity contribution in [2.45, 2.75) is 23.8 Å². The van der Waals surface area contributed by atoms with E-state index in [9.17, 15) is 13.2 Å². The Morgan fingerprint density at radius 1 is 1.06 bits per heavy atom. The molecule has 0 bridgehead atoms. The molecule has 31 heavy (non-hydrogen) atoms. The predicted molar refractivity (Wildman–Crippen MR) is 114 cm³/mol. The molecule has 0 spiro atoms. The van der Waals surface area contributed by atoms with Crippen molar-refractivity contribution in [2.24, 2.45) is 0 Å². The summed E-state index contributed by atoms with van der Waals surface area (Å²) in [4.78, 5) is 14.4. The molecule has 2 aromatic carbocycles. The summed E-state index contributed by atoms with van der Waals surface area (Å²) < 4.78 is 44.6. The van der Waals surface area contributed by atoms with Gasteiger partial charge in [0.25, 0.3) is 5.91 Å². The Balaban J connectivity index is 1.34. The van der Waals surface area contributed by atoms with Gasteiger partial charge in [-0.25, -0.2) is 13.1 Å². The van der Waals surface area contributed by atoms with Gasteiger partial charge in [0.1, 0.15) is 6.61 Å². The van der Waals surface area contributed by atoms with E-state index in [2.05, 4.69) is 4.72 Å². The van der Waals surface area contributed by atoms with Gasteiger partial charge in [0, 0.05) is 25.7 Å². The first kappa shape index (κ1) is 21.6. The second-order valence-corrected chi connectivity index (χ2v) is 9.22. The van der Waals surface area contributed by atoms with Crippen LogP contribution in [0.2, 0.25) is 0 Å². The molecule has 2 aromatic rings. The van der Waals surface area contributed by atoms with E-state index in [0.717, 1.165) is 6.42 Å². The highest BCUT2D eigenvalue weighted by molar-refractivity contribution is 7.89. The number of benzene rings is 2. The Hall–Kier alpha value is -2.62. The first-order chi connectivity index (χ1) is 15.0. The standard InChI is InChI=1S/C22H26N2O6S/c25-22(24-11-13-28-14-12-24)21-16-29-20-15-18(8-9-19(20)30-21)31(26,27)23-10-4-7-17-5-2-1-3-6-17/h1-3,5-6,8-9,15,21,23H,4,7,10-14,16H2/t21-/m1/s1. The molecule has 0 saturated carbocycles. The third-order valence-corrected chi connectivity index (χ3v) is 6.72. The number of ether oxygens (including phenoxy) is 3. The lowest BCUT2D eigenvalue weighted by Crippen LogP contribution is -2.50. The van der Waals surface area contributed by atoms with Gasteiger partial charge in [-0.15, -0.1) is 0 Å². The van der Waals surface area contributed by atoms with Gasteiger partial charge in [0.05, 0.1) is 18.1 Å². The van der Waals surface area contributed by atoms with Crippen LogP contribution in [-0.4, -0.2) is 64.8 Å². The zero-order chi connectivity index (χ0) is 21.7. The molecule has 2 aliphatic heterocycles. The highest BCUT2D eigenvalue weighted by Gasteiger charge is 2.32. The van der Waals surface area contributed by atoms with E-state index in [0.29, 0.717) is 50.8 Å². The molecule has 0 unspecified atom stereocenters. The predicted octanol–water partition coefficient (Wildman–Crippen LogP) is 1.60. The quantitative estimate of drug-likeness (QED) is 0.650. The molecule has 1 saturated heterocycles. The van der Waals surface area contributed by atoms with Crippen LogP contribution >= 0.6 is 0 Å². The number of morpholine rings is 1. The number of nitrogens with one attached hydrogen (secondary N) is 1. The Bertz CT molecular complexity index is 1010. The topological polar surface area (TPSA) is 94.2 Å². The van der Waals surface area contributed by atoms with Gasteiger partial charge < -0.3 is 19.1 Å². The number of hydrogen-bond donors (Lipinski definition) is 1. The molecule has 2 heterocycles. The SMILES string of the molecule is O=C([C@H]1COc2cc(S(=O)(=O)NCCCc3ccccc3)ccc2O1)N1CCOCC1. The maximum absolute atomic E-state index is 12.6. The highest BCUT2D eigenvalue weighted by Crippen LogP contribution is 2.34. The Labute approximate surface area is 182 Å². The Morgan fingerprint density at radius 3 is 2.61 bits per heavy atom. The molecule has 0 aliphatic carbocycles. The van der Waals surface area contributed by atoms with Crippen molar-refractivity contribution in [3.05, 3.63) is 54.1 Å². The van der Waals surface area contributed by atoms with Crippen molar-refractivity contribution < 1.29 is 27.4 Å². The van der Waals surface area contributed by atoms with Crippen molar-refractivity contribution in [2.75, 3.05) is 39.5 Å². The second kappa shape index (κ2) is 9.67. The molecule has 4 rings (SSSR count). The van der Waals surface area contributed by atoms with Crippen LogP contribution in [-0.2, 0) is 26.0 Å². The fourth-order valence-corrected chi connectivity index (χ4v) is 4.64. The van der Waals surface area contributed by atoms with Crippen LogP contribution in [0.3, 0.4) is 0 Å². The number of fused-ring (bicyclic) bond motifs is 1. The van der Waals surface area contributed by atoms with E-state index < -0.39 is 16.1 Å². The summed E-state index contributed by atoms with van der Waals surface area (Å²) in [5, 5.41) is 0. The summed E-state index contributed by atoms with van der Waals surface area (Å²) >= 11 is 0. The van der Waals surface area contributed by atoms with Gasteiger partial charge in [0.2, 0.25) is 16.1 Å². The largest absolute Gasteiger partial charge is 0.485 e. The lowest BCUT2D eigenvalue weighted by molar-refractivity contribution is -0.145. The van der Waals surface area contributed by atoms with Gasteiger partial charge >= 0.3 is 0 Å². The normalized spacial score (nSPS) is 18.6. The molecule has 9 heteroatoms. The van der Waals surface area contributed by atoms with Crippen LogP contribution < -0.4 is 14.2 Å². The van der Waals surface area contributed by atoms with E-state index in [4.69, 9.17) is 14.2 Å². The van der Waals surface area contributed by atoms with Crippen molar-refractivity contribution in [1.29, 1.82) is 0 Å². The molecule has 1 amide bonds. The lowest BCUT2D eigenvalue weighted by atomic mass is 10.1. The van der Waals surface area contributed by atoms with Gasteiger partial charge in [-0.1, -0.05) is 30.3 Å². The van der Waals surface area contributed by atoms with Gasteiger partial charge in [-0.3, -0.25) is 4.79 Å². The van der Waals surface area contributed by atoms with Crippen molar-refractivity contribution >= 4 is 15.9 Å². The molecule has 2 aliphatic rings. The number of hydrogen-bond acceptors (Lipinski definition) is 6. The van der Waals surface area contributed by atoms with Crippen LogP contribution in [0, 0.1) is 0 Å². The smallest absolute Gasteiger partial charge is 0.267 e. The number of nitrogens with zero attached hydrogens (tertiary/aromatic N) is 1. The minimum absolute atomic E-state index is 0.0389. The minimum Gasteiger partial charge on any atom is -0.485 e. The summed E-state index contributed by atoms with van der Waals surface area (Å²) in [5.74, 6) is 0.532. The number of sulfonamides is 1. The minimum atomic E-state index is -3.67. The molecule has 0 aromatic heterocycles. The Morgan fingerprint density at radius 2 is 1.84 bits per heavy atom. The zero-order valence-corrected chi connectivity index (χ0v) is 18.0. The van der Waals surface area contributed by atoms with E-state index in [1.165, 1.54) is 23.8 Å². The van der Waals surface area contributed by atoms with Crippen LogP contribution in [0.25, 0.3) is 0 Å². The molecule has 0 radical (unpaired) electrons. The average molecular weight is 447 g/mol. The zero-order valence-electron chi connectivity index (χ0n) is 17.2. The number of aryl methyl sites for hydroxylation is 1. The van der Waals surface area contributed by atoms with Crippen LogP contribution in [0.1, 0.15) is 12.0 Å². The van der Waals surface area contributed by atoms with E-state index >= 15 is 0 Å². The first-order valence-corrected chi connectivity index (χ1v) is 11.8. The molecular formula is C22H26N2O6S. The van der Waals surface area contributed by atoms with Crippen LogP contribution in [0.4, 0.5) is 0 Å². The summed E-state index contributed by atoms with van der Waals surface area (Å²) in [6.45, 7) is 2.45. The summed E-state index contributed by atoms with van der Waals surface area (Å²) in [6, 6.07) is 14.4. The van der Waals surface area contributed by atoms with Crippen molar-refractivity contribution in [1.82, 2.24) is 9.62 Å². The number of carbonyl (C=O) groups is 1. The highest BCUT2D eigenvalue weighted by atomic mass is 32.2. The molecule has 1 atom stereocenters. The summed E-state index contributed by atoms with van der Waals surface area (Å²) in [5.41, 5.74) is 1.17. The monoisotopic (exact) mass is 446 g/mol. The maximum Gasteiger partial charge on any atom is 0.267 e. The summed E-state index contributed by atoms with van der Waals surface area (Å²) in [6.07, 6.45) is 0.742. The van der Waals surface area contributed by atoms with E-state index in [1.54, 1.807) is 4.90 Å².